The lowest BCUT2D eigenvalue weighted by molar-refractivity contribution is -0.141. The molecular formula is C31H37N5O2. The number of fused-ring (bicyclic) bond motifs is 1. The second-order valence-electron chi connectivity index (χ2n) is 10.3. The summed E-state index contributed by atoms with van der Waals surface area (Å²) >= 11 is 0. The van der Waals surface area contributed by atoms with E-state index < -0.39 is 6.04 Å². The number of amides is 2. The fourth-order valence-electron chi connectivity index (χ4n) is 4.57. The van der Waals surface area contributed by atoms with Crippen LogP contribution in [0.1, 0.15) is 48.6 Å². The van der Waals surface area contributed by atoms with Crippen molar-refractivity contribution in [1.82, 2.24) is 25.2 Å². The van der Waals surface area contributed by atoms with E-state index in [9.17, 15) is 9.59 Å². The van der Waals surface area contributed by atoms with Crippen molar-refractivity contribution in [1.29, 1.82) is 0 Å². The Labute approximate surface area is 224 Å². The maximum absolute atomic E-state index is 14.0. The minimum absolute atomic E-state index is 0.00400. The molecule has 0 aliphatic carbocycles. The molecule has 1 aromatic heterocycles. The number of para-hydroxylation sites is 1. The summed E-state index contributed by atoms with van der Waals surface area (Å²) in [5.74, 6) is 0.112. The van der Waals surface area contributed by atoms with Gasteiger partial charge < -0.3 is 10.2 Å². The molecule has 4 rings (SSSR count). The van der Waals surface area contributed by atoms with Gasteiger partial charge in [0.15, 0.2) is 0 Å². The largest absolute Gasteiger partial charge is 0.354 e. The molecule has 1 N–H and O–H groups in total. The van der Waals surface area contributed by atoms with Gasteiger partial charge in [0.2, 0.25) is 11.8 Å². The minimum Gasteiger partial charge on any atom is -0.354 e. The van der Waals surface area contributed by atoms with Crippen LogP contribution in [0.4, 0.5) is 0 Å². The molecule has 0 radical (unpaired) electrons. The molecule has 7 heteroatoms. The smallest absolute Gasteiger partial charge is 0.247 e. The molecule has 7 nitrogen and oxygen atoms in total. The molecule has 3 aromatic carbocycles. The zero-order valence-corrected chi connectivity index (χ0v) is 22.7. The second-order valence-corrected chi connectivity index (χ2v) is 10.3. The molecule has 1 atom stereocenters. The monoisotopic (exact) mass is 511 g/mol. The zero-order chi connectivity index (χ0) is 27.1. The first kappa shape index (κ1) is 27.0. The molecule has 0 bridgehead atoms. The van der Waals surface area contributed by atoms with Crippen LogP contribution >= 0.6 is 0 Å². The van der Waals surface area contributed by atoms with E-state index in [0.717, 1.165) is 39.7 Å². The van der Waals surface area contributed by atoms with Crippen LogP contribution in [0.3, 0.4) is 0 Å². The Bertz CT molecular complexity index is 1380. The zero-order valence-electron chi connectivity index (χ0n) is 22.7. The van der Waals surface area contributed by atoms with Crippen LogP contribution in [0.2, 0.25) is 0 Å². The van der Waals surface area contributed by atoms with Gasteiger partial charge in [0.05, 0.1) is 5.52 Å². The number of benzene rings is 3. The van der Waals surface area contributed by atoms with Crippen molar-refractivity contribution in [3.05, 3.63) is 95.1 Å². The van der Waals surface area contributed by atoms with Crippen LogP contribution in [0, 0.1) is 19.8 Å². The Balaban J connectivity index is 1.67. The summed E-state index contributed by atoms with van der Waals surface area (Å²) in [6.45, 7) is 9.28. The fraction of sp³-hybridized carbons (Fsp3) is 0.355. The SMILES string of the molecule is Cc1ccc(C(C(=O)NCCC(C)C)N(CCc2cccc(C)c2)C(=O)Cn2nnc3ccccc32)cc1. The molecule has 4 aromatic rings. The molecule has 0 spiro atoms. The predicted octanol–water partition coefficient (Wildman–Crippen LogP) is 5.02. The average Bonchev–Trinajstić information content (AvgIpc) is 3.29. The number of carbonyl (C=O) groups is 2. The molecule has 0 fully saturated rings. The van der Waals surface area contributed by atoms with Gasteiger partial charge in [-0.05, 0) is 55.9 Å². The normalized spacial score (nSPS) is 12.0. The van der Waals surface area contributed by atoms with Crippen LogP contribution in [0.15, 0.2) is 72.8 Å². The highest BCUT2D eigenvalue weighted by atomic mass is 16.2. The van der Waals surface area contributed by atoms with E-state index in [-0.39, 0.29) is 18.4 Å². The summed E-state index contributed by atoms with van der Waals surface area (Å²) in [5.41, 5.74) is 5.69. The van der Waals surface area contributed by atoms with Crippen molar-refractivity contribution in [2.75, 3.05) is 13.1 Å². The molecule has 0 saturated heterocycles. The number of nitrogens with zero attached hydrogens (tertiary/aromatic N) is 4. The number of nitrogens with one attached hydrogen (secondary N) is 1. The third-order valence-corrected chi connectivity index (χ3v) is 6.72. The van der Waals surface area contributed by atoms with Gasteiger partial charge in [0.25, 0.3) is 0 Å². The standard InChI is InChI=1S/C31H37N5O2/c1-22(2)16-18-32-31(38)30(26-14-12-23(3)13-15-26)35(19-17-25-9-7-8-24(4)20-25)29(37)21-36-28-11-6-5-10-27(28)33-34-36/h5-15,20,22,30H,16-19,21H2,1-4H3,(H,32,38). The third kappa shape index (κ3) is 6.85. The predicted molar refractivity (Wildman–Crippen MR) is 151 cm³/mol. The number of carbonyl (C=O) groups excluding carboxylic acids is 2. The van der Waals surface area contributed by atoms with Gasteiger partial charge in [-0.15, -0.1) is 5.10 Å². The van der Waals surface area contributed by atoms with E-state index >= 15 is 0 Å². The highest BCUT2D eigenvalue weighted by Gasteiger charge is 2.31. The first-order valence-electron chi connectivity index (χ1n) is 13.3. The Morgan fingerprint density at radius 1 is 0.947 bits per heavy atom. The van der Waals surface area contributed by atoms with Crippen molar-refractivity contribution in [3.63, 3.8) is 0 Å². The molecule has 0 saturated carbocycles. The average molecular weight is 512 g/mol. The summed E-state index contributed by atoms with van der Waals surface area (Å²) in [5, 5.41) is 11.5. The Hall–Kier alpha value is -4.00. The van der Waals surface area contributed by atoms with E-state index in [1.54, 1.807) is 9.58 Å². The first-order chi connectivity index (χ1) is 18.3. The van der Waals surface area contributed by atoms with E-state index in [2.05, 4.69) is 54.6 Å². The maximum atomic E-state index is 14.0. The van der Waals surface area contributed by atoms with Crippen molar-refractivity contribution in [2.24, 2.45) is 5.92 Å². The lowest BCUT2D eigenvalue weighted by Crippen LogP contribution is -2.46. The van der Waals surface area contributed by atoms with Gasteiger partial charge in [-0.3, -0.25) is 9.59 Å². The lowest BCUT2D eigenvalue weighted by atomic mass is 10.0. The summed E-state index contributed by atoms with van der Waals surface area (Å²) in [7, 11) is 0. The molecule has 198 valence electrons. The van der Waals surface area contributed by atoms with E-state index in [1.807, 2.05) is 61.5 Å². The van der Waals surface area contributed by atoms with Gasteiger partial charge in [-0.25, -0.2) is 4.68 Å². The van der Waals surface area contributed by atoms with Gasteiger partial charge in [-0.2, -0.15) is 0 Å². The van der Waals surface area contributed by atoms with Gasteiger partial charge in [0, 0.05) is 13.1 Å². The summed E-state index contributed by atoms with van der Waals surface area (Å²) in [6.07, 6.45) is 1.50. The number of aryl methyl sites for hydroxylation is 2. The van der Waals surface area contributed by atoms with Gasteiger partial charge in [0.1, 0.15) is 18.1 Å². The van der Waals surface area contributed by atoms with E-state index in [4.69, 9.17) is 0 Å². The maximum Gasteiger partial charge on any atom is 0.247 e. The van der Waals surface area contributed by atoms with E-state index in [0.29, 0.717) is 25.4 Å². The number of rotatable bonds is 11. The number of aromatic nitrogens is 3. The Morgan fingerprint density at radius 2 is 1.71 bits per heavy atom. The van der Waals surface area contributed by atoms with Gasteiger partial charge >= 0.3 is 0 Å². The Kier molecular flexibility index (Phi) is 8.89. The Morgan fingerprint density at radius 3 is 2.45 bits per heavy atom. The van der Waals surface area contributed by atoms with Crippen molar-refractivity contribution >= 4 is 22.8 Å². The van der Waals surface area contributed by atoms with E-state index in [1.165, 1.54) is 0 Å². The van der Waals surface area contributed by atoms with Crippen LogP contribution in [-0.2, 0) is 22.6 Å². The molecule has 1 heterocycles. The van der Waals surface area contributed by atoms with Crippen LogP contribution in [-0.4, -0.2) is 44.8 Å². The minimum atomic E-state index is -0.755. The lowest BCUT2D eigenvalue weighted by Gasteiger charge is -2.32. The molecular weight excluding hydrogens is 474 g/mol. The fourth-order valence-corrected chi connectivity index (χ4v) is 4.57. The summed E-state index contributed by atoms with van der Waals surface area (Å²) in [6, 6.07) is 22.9. The van der Waals surface area contributed by atoms with Gasteiger partial charge in [-0.1, -0.05) is 90.9 Å². The quantitative estimate of drug-likeness (QED) is 0.307. The highest BCUT2D eigenvalue weighted by Crippen LogP contribution is 2.24. The molecule has 0 aliphatic heterocycles. The molecule has 1 unspecified atom stereocenters. The summed E-state index contributed by atoms with van der Waals surface area (Å²) in [4.78, 5) is 29.4. The molecule has 38 heavy (non-hydrogen) atoms. The van der Waals surface area contributed by atoms with Crippen LogP contribution in [0.25, 0.3) is 11.0 Å². The third-order valence-electron chi connectivity index (χ3n) is 6.72. The van der Waals surface area contributed by atoms with Crippen LogP contribution in [0.5, 0.6) is 0 Å². The highest BCUT2D eigenvalue weighted by molar-refractivity contribution is 5.89. The number of hydrogen-bond acceptors (Lipinski definition) is 4. The van der Waals surface area contributed by atoms with Crippen LogP contribution < -0.4 is 5.32 Å². The topological polar surface area (TPSA) is 80.1 Å². The summed E-state index contributed by atoms with van der Waals surface area (Å²) < 4.78 is 1.61. The molecule has 2 amide bonds. The van der Waals surface area contributed by atoms with Crippen molar-refractivity contribution in [3.8, 4) is 0 Å². The number of hydrogen-bond donors (Lipinski definition) is 1. The first-order valence-corrected chi connectivity index (χ1v) is 13.3. The van der Waals surface area contributed by atoms with Crippen molar-refractivity contribution in [2.45, 2.75) is 53.1 Å². The van der Waals surface area contributed by atoms with Crippen molar-refractivity contribution < 1.29 is 9.59 Å². The molecule has 0 aliphatic rings. The second kappa shape index (κ2) is 12.5.